The number of ether oxygens (including phenoxy) is 1. The lowest BCUT2D eigenvalue weighted by atomic mass is 9.96. The molecule has 0 aromatic heterocycles. The maximum absolute atomic E-state index is 5.81. The van der Waals surface area contributed by atoms with Crippen molar-refractivity contribution in [2.45, 2.75) is 33.1 Å². The second kappa shape index (κ2) is 12.5. The number of hydrogen-bond acceptors (Lipinski definition) is 3. The largest absolute Gasteiger partial charge is 0.383 e. The number of likely N-dealkylation sites (tertiary alicyclic amines) is 1. The molecule has 1 aliphatic heterocycles. The van der Waals surface area contributed by atoms with Gasteiger partial charge in [-0.1, -0.05) is 13.8 Å². The average molecular weight is 412 g/mol. The van der Waals surface area contributed by atoms with Crippen LogP contribution in [0.2, 0.25) is 0 Å². The average Bonchev–Trinajstić information content (AvgIpc) is 2.44. The van der Waals surface area contributed by atoms with Crippen LogP contribution in [0.25, 0.3) is 0 Å². The molecule has 1 aliphatic rings. The molecular formula is C15H33IN4O. The number of nitrogens with zero attached hydrogens (tertiary/aromatic N) is 2. The highest BCUT2D eigenvalue weighted by atomic mass is 127. The van der Waals surface area contributed by atoms with Gasteiger partial charge in [-0.25, -0.2) is 0 Å². The van der Waals surface area contributed by atoms with Crippen molar-refractivity contribution in [3.63, 3.8) is 0 Å². The molecule has 0 radical (unpaired) electrons. The van der Waals surface area contributed by atoms with Gasteiger partial charge in [0.25, 0.3) is 0 Å². The van der Waals surface area contributed by atoms with Gasteiger partial charge in [0.05, 0.1) is 6.61 Å². The molecular weight excluding hydrogens is 379 g/mol. The zero-order chi connectivity index (χ0) is 14.8. The molecule has 0 bridgehead atoms. The van der Waals surface area contributed by atoms with Crippen LogP contribution in [0.3, 0.4) is 0 Å². The van der Waals surface area contributed by atoms with E-state index in [1.807, 2.05) is 0 Å². The van der Waals surface area contributed by atoms with Crippen LogP contribution in [0.5, 0.6) is 0 Å². The highest BCUT2D eigenvalue weighted by molar-refractivity contribution is 14.0. The van der Waals surface area contributed by atoms with E-state index in [9.17, 15) is 0 Å². The highest BCUT2D eigenvalue weighted by Gasteiger charge is 2.18. The molecule has 0 aromatic carbocycles. The number of methoxy groups -OCH3 is 1. The van der Waals surface area contributed by atoms with Gasteiger partial charge in [-0.2, -0.15) is 0 Å². The maximum Gasteiger partial charge on any atom is 0.188 e. The minimum Gasteiger partial charge on any atom is -0.383 e. The Morgan fingerprint density at radius 1 is 1.38 bits per heavy atom. The molecule has 0 atom stereocenters. The van der Waals surface area contributed by atoms with Crippen LogP contribution in [0, 0.1) is 11.8 Å². The molecule has 0 unspecified atom stereocenters. The van der Waals surface area contributed by atoms with E-state index in [1.165, 1.54) is 38.9 Å². The lowest BCUT2D eigenvalue weighted by Gasteiger charge is -2.31. The standard InChI is InChI=1S/C15H32N4O.HI/c1-13(2)4-8-19-9-5-14(6-10-19)12-18-15(16)17-7-11-20-3;/h13-14H,4-12H2,1-3H3,(H3,16,17,18);1H. The van der Waals surface area contributed by atoms with Crippen molar-refractivity contribution in [3.05, 3.63) is 0 Å². The number of piperidine rings is 1. The molecule has 0 amide bonds. The van der Waals surface area contributed by atoms with Gasteiger partial charge in [0, 0.05) is 20.2 Å². The third-order valence-electron chi connectivity index (χ3n) is 3.86. The molecule has 0 aliphatic carbocycles. The molecule has 5 nitrogen and oxygen atoms in total. The number of nitrogens with one attached hydrogen (secondary N) is 1. The summed E-state index contributed by atoms with van der Waals surface area (Å²) in [5.41, 5.74) is 5.81. The predicted octanol–water partition coefficient (Wildman–Crippen LogP) is 1.91. The van der Waals surface area contributed by atoms with E-state index >= 15 is 0 Å². The van der Waals surface area contributed by atoms with Crippen molar-refractivity contribution >= 4 is 29.9 Å². The van der Waals surface area contributed by atoms with E-state index in [1.54, 1.807) is 7.11 Å². The van der Waals surface area contributed by atoms with Crippen molar-refractivity contribution in [2.75, 3.05) is 46.4 Å². The summed E-state index contributed by atoms with van der Waals surface area (Å²) in [5.74, 6) is 2.03. The van der Waals surface area contributed by atoms with E-state index in [-0.39, 0.29) is 24.0 Å². The Kier molecular flexibility index (Phi) is 12.4. The van der Waals surface area contributed by atoms with Crippen molar-refractivity contribution in [2.24, 2.45) is 22.6 Å². The number of aliphatic imine (C=N–C) groups is 1. The maximum atomic E-state index is 5.81. The van der Waals surface area contributed by atoms with Gasteiger partial charge >= 0.3 is 0 Å². The monoisotopic (exact) mass is 412 g/mol. The molecule has 126 valence electrons. The Hall–Kier alpha value is -0.0800. The van der Waals surface area contributed by atoms with Gasteiger partial charge in [-0.3, -0.25) is 4.99 Å². The Bertz CT molecular complexity index is 279. The molecule has 21 heavy (non-hydrogen) atoms. The second-order valence-corrected chi connectivity index (χ2v) is 6.11. The summed E-state index contributed by atoms with van der Waals surface area (Å²) in [5, 5.41) is 3.06. The minimum atomic E-state index is 0. The third kappa shape index (κ3) is 10.3. The van der Waals surface area contributed by atoms with Gasteiger partial charge in [-0.05, 0) is 50.7 Å². The zero-order valence-electron chi connectivity index (χ0n) is 13.8. The van der Waals surface area contributed by atoms with Crippen molar-refractivity contribution in [1.82, 2.24) is 10.2 Å². The quantitative estimate of drug-likeness (QED) is 0.277. The Morgan fingerprint density at radius 3 is 2.62 bits per heavy atom. The van der Waals surface area contributed by atoms with Gasteiger partial charge in [0.15, 0.2) is 5.96 Å². The molecule has 6 heteroatoms. The van der Waals surface area contributed by atoms with Crippen LogP contribution in [-0.4, -0.2) is 57.3 Å². The number of nitrogens with two attached hydrogens (primary N) is 1. The molecule has 1 rings (SSSR count). The molecule has 1 fully saturated rings. The van der Waals surface area contributed by atoms with Gasteiger partial charge in [-0.15, -0.1) is 24.0 Å². The Morgan fingerprint density at radius 2 is 2.05 bits per heavy atom. The van der Waals surface area contributed by atoms with Crippen LogP contribution in [0.4, 0.5) is 0 Å². The lowest BCUT2D eigenvalue weighted by Crippen LogP contribution is -2.37. The molecule has 3 N–H and O–H groups in total. The molecule has 0 saturated carbocycles. The van der Waals surface area contributed by atoms with Crippen molar-refractivity contribution in [3.8, 4) is 0 Å². The van der Waals surface area contributed by atoms with E-state index in [4.69, 9.17) is 10.5 Å². The first-order chi connectivity index (χ1) is 9.61. The summed E-state index contributed by atoms with van der Waals surface area (Å²) in [6.07, 6.45) is 3.79. The molecule has 0 aromatic rings. The summed E-state index contributed by atoms with van der Waals surface area (Å²) >= 11 is 0. The first kappa shape index (κ1) is 20.9. The number of hydrogen-bond donors (Lipinski definition) is 2. The van der Waals surface area contributed by atoms with Gasteiger partial charge in [0.2, 0.25) is 0 Å². The summed E-state index contributed by atoms with van der Waals surface area (Å²) in [6.45, 7) is 10.5. The zero-order valence-corrected chi connectivity index (χ0v) is 16.1. The van der Waals surface area contributed by atoms with Crippen LogP contribution in [-0.2, 0) is 4.74 Å². The van der Waals surface area contributed by atoms with Crippen molar-refractivity contribution < 1.29 is 4.74 Å². The lowest BCUT2D eigenvalue weighted by molar-refractivity contribution is 0.180. The molecule has 0 spiro atoms. The van der Waals surface area contributed by atoms with E-state index in [2.05, 4.69) is 29.1 Å². The van der Waals surface area contributed by atoms with Crippen LogP contribution >= 0.6 is 24.0 Å². The SMILES string of the molecule is COCCNC(N)=NCC1CCN(CCC(C)C)CC1.I. The normalized spacial score (nSPS) is 17.8. The van der Waals surface area contributed by atoms with Crippen LogP contribution < -0.4 is 11.1 Å². The summed E-state index contributed by atoms with van der Waals surface area (Å²) in [7, 11) is 1.68. The number of rotatable bonds is 8. The Labute approximate surface area is 147 Å². The van der Waals surface area contributed by atoms with Crippen molar-refractivity contribution in [1.29, 1.82) is 0 Å². The fraction of sp³-hybridized carbons (Fsp3) is 0.933. The van der Waals surface area contributed by atoms with E-state index in [0.29, 0.717) is 18.5 Å². The Balaban J connectivity index is 0.00000400. The summed E-state index contributed by atoms with van der Waals surface area (Å²) in [6, 6.07) is 0. The van der Waals surface area contributed by atoms with Crippen LogP contribution in [0.1, 0.15) is 33.1 Å². The van der Waals surface area contributed by atoms with E-state index < -0.39 is 0 Å². The molecule has 1 heterocycles. The topological polar surface area (TPSA) is 62.9 Å². The minimum absolute atomic E-state index is 0. The van der Waals surface area contributed by atoms with E-state index in [0.717, 1.165) is 19.0 Å². The number of guanidine groups is 1. The summed E-state index contributed by atoms with van der Waals surface area (Å²) < 4.78 is 4.96. The number of halogens is 1. The first-order valence-corrected chi connectivity index (χ1v) is 7.87. The van der Waals surface area contributed by atoms with Gasteiger partial charge in [0.1, 0.15) is 0 Å². The summed E-state index contributed by atoms with van der Waals surface area (Å²) in [4.78, 5) is 7.01. The third-order valence-corrected chi connectivity index (χ3v) is 3.86. The second-order valence-electron chi connectivity index (χ2n) is 6.11. The van der Waals surface area contributed by atoms with Gasteiger partial charge < -0.3 is 20.7 Å². The smallest absolute Gasteiger partial charge is 0.188 e. The highest BCUT2D eigenvalue weighted by Crippen LogP contribution is 2.18. The fourth-order valence-corrected chi connectivity index (χ4v) is 2.40. The molecule has 1 saturated heterocycles. The fourth-order valence-electron chi connectivity index (χ4n) is 2.40. The first-order valence-electron chi connectivity index (χ1n) is 7.87. The predicted molar refractivity (Wildman–Crippen MR) is 100 cm³/mol. The van der Waals surface area contributed by atoms with Crippen LogP contribution in [0.15, 0.2) is 4.99 Å².